The lowest BCUT2D eigenvalue weighted by atomic mass is 9.97. The lowest BCUT2D eigenvalue weighted by Crippen LogP contribution is -2.58. The number of alkyl halides is 3. The van der Waals surface area contributed by atoms with E-state index in [4.69, 9.17) is 5.26 Å². The van der Waals surface area contributed by atoms with Crippen LogP contribution in [0.3, 0.4) is 0 Å². The number of fused-ring (bicyclic) bond motifs is 1. The summed E-state index contributed by atoms with van der Waals surface area (Å²) >= 11 is 0. The molecule has 0 bridgehead atoms. The standard InChI is InChI=1S/C23H27F3N6O4S/c24-23(25,26)17-3-4-18(28-9-17)10-29-21(33)20-7-16-6-19(16)32(20)22(34)15-2-1-5-30(13-15)37(35,36)31-11-14(8-27)12-31/h3-4,9,14-16,19-20H,1-2,5-7,10-13H2,(H,29,33)/t15-,16+,19+,20+/m0/s1. The van der Waals surface area contributed by atoms with Gasteiger partial charge in [0.25, 0.3) is 10.2 Å². The molecule has 4 atom stereocenters. The van der Waals surface area contributed by atoms with E-state index in [1.165, 1.54) is 14.7 Å². The quantitative estimate of drug-likeness (QED) is 0.576. The molecule has 0 aromatic carbocycles. The van der Waals surface area contributed by atoms with Gasteiger partial charge in [0.15, 0.2) is 0 Å². The van der Waals surface area contributed by atoms with E-state index in [0.29, 0.717) is 32.0 Å². The summed E-state index contributed by atoms with van der Waals surface area (Å²) in [6, 6.07) is 3.40. The molecule has 4 aliphatic rings. The Hall–Kier alpha value is -2.76. The molecule has 0 unspecified atom stereocenters. The largest absolute Gasteiger partial charge is 0.417 e. The minimum atomic E-state index is -4.50. The van der Waals surface area contributed by atoms with Gasteiger partial charge in [-0.05, 0) is 43.7 Å². The summed E-state index contributed by atoms with van der Waals surface area (Å²) in [5, 5.41) is 11.6. The number of nitrogens with one attached hydrogen (secondary N) is 1. The van der Waals surface area contributed by atoms with Crippen LogP contribution >= 0.6 is 0 Å². The zero-order chi connectivity index (χ0) is 26.5. The van der Waals surface area contributed by atoms with Gasteiger partial charge in [-0.1, -0.05) is 0 Å². The molecule has 0 radical (unpaired) electrons. The molecule has 4 heterocycles. The summed E-state index contributed by atoms with van der Waals surface area (Å²) in [5.41, 5.74) is -0.613. The van der Waals surface area contributed by atoms with Crippen molar-refractivity contribution in [3.63, 3.8) is 0 Å². The second-order valence-corrected chi connectivity index (χ2v) is 12.1. The summed E-state index contributed by atoms with van der Waals surface area (Å²) in [6.07, 6.45) is -1.45. The molecule has 3 aliphatic heterocycles. The zero-order valence-electron chi connectivity index (χ0n) is 19.9. The SMILES string of the molecule is N#CC1CN(S(=O)(=O)N2CCC[C@H](C(=O)N3[C@@H](C(=O)NCc4ccc(C(F)(F)F)cn4)C[C@H]4C[C@H]43)C2)C1. The number of carbonyl (C=O) groups is 2. The van der Waals surface area contributed by atoms with Crippen LogP contribution in [0.1, 0.15) is 36.9 Å². The van der Waals surface area contributed by atoms with Gasteiger partial charge in [0, 0.05) is 38.4 Å². The maximum Gasteiger partial charge on any atom is 0.417 e. The fourth-order valence-corrected chi connectivity index (χ4v) is 7.23. The van der Waals surface area contributed by atoms with Crippen molar-refractivity contribution in [2.75, 3.05) is 26.2 Å². The maximum absolute atomic E-state index is 13.5. The Morgan fingerprint density at radius 1 is 1.16 bits per heavy atom. The Kier molecular flexibility index (Phi) is 6.66. The number of halogens is 3. The van der Waals surface area contributed by atoms with Gasteiger partial charge < -0.3 is 10.2 Å². The molecule has 0 spiro atoms. The van der Waals surface area contributed by atoms with Gasteiger partial charge in [-0.2, -0.15) is 35.5 Å². The van der Waals surface area contributed by atoms with E-state index >= 15 is 0 Å². The van der Waals surface area contributed by atoms with Crippen LogP contribution in [0.25, 0.3) is 0 Å². The molecule has 1 aliphatic carbocycles. The first-order chi connectivity index (χ1) is 17.5. The van der Waals surface area contributed by atoms with E-state index < -0.39 is 39.8 Å². The first-order valence-corrected chi connectivity index (χ1v) is 13.7. The normalized spacial score (nSPS) is 28.8. The molecule has 1 aromatic heterocycles. The molecule has 1 saturated carbocycles. The van der Waals surface area contributed by atoms with Crippen LogP contribution in [-0.4, -0.2) is 77.0 Å². The van der Waals surface area contributed by atoms with Crippen molar-refractivity contribution < 1.29 is 31.2 Å². The minimum absolute atomic E-state index is 0.0343. The highest BCUT2D eigenvalue weighted by Crippen LogP contribution is 2.48. The van der Waals surface area contributed by atoms with E-state index in [0.717, 1.165) is 12.5 Å². The molecule has 10 nitrogen and oxygen atoms in total. The Morgan fingerprint density at radius 3 is 2.57 bits per heavy atom. The lowest BCUT2D eigenvalue weighted by Gasteiger charge is -2.41. The molecule has 2 amide bonds. The van der Waals surface area contributed by atoms with E-state index in [2.05, 4.69) is 16.4 Å². The second-order valence-electron chi connectivity index (χ2n) is 10.2. The van der Waals surface area contributed by atoms with E-state index in [1.807, 2.05) is 0 Å². The number of piperidine rings is 2. The molecular weight excluding hydrogens is 513 g/mol. The van der Waals surface area contributed by atoms with Crippen LogP contribution in [0.2, 0.25) is 0 Å². The molecule has 200 valence electrons. The predicted molar refractivity (Wildman–Crippen MR) is 122 cm³/mol. The summed E-state index contributed by atoms with van der Waals surface area (Å²) in [4.78, 5) is 31.9. The number of carbonyl (C=O) groups excluding carboxylic acids is 2. The molecule has 1 aromatic rings. The van der Waals surface area contributed by atoms with Gasteiger partial charge in [-0.25, -0.2) is 0 Å². The van der Waals surface area contributed by atoms with Crippen molar-refractivity contribution in [3.8, 4) is 6.07 Å². The molecular formula is C23H27F3N6O4S. The number of amides is 2. The minimum Gasteiger partial charge on any atom is -0.349 e. The van der Waals surface area contributed by atoms with Gasteiger partial charge in [-0.15, -0.1) is 0 Å². The Bertz CT molecular complexity index is 1210. The zero-order valence-corrected chi connectivity index (χ0v) is 20.7. The first-order valence-electron chi connectivity index (χ1n) is 12.3. The Balaban J connectivity index is 1.20. The van der Waals surface area contributed by atoms with Gasteiger partial charge in [0.05, 0.1) is 35.7 Å². The molecule has 4 fully saturated rings. The van der Waals surface area contributed by atoms with Crippen molar-refractivity contribution in [1.29, 1.82) is 5.26 Å². The van der Waals surface area contributed by atoms with Gasteiger partial charge in [0.1, 0.15) is 6.04 Å². The summed E-state index contributed by atoms with van der Waals surface area (Å²) < 4.78 is 66.7. The van der Waals surface area contributed by atoms with Gasteiger partial charge in [-0.3, -0.25) is 14.6 Å². The van der Waals surface area contributed by atoms with Crippen molar-refractivity contribution >= 4 is 22.0 Å². The van der Waals surface area contributed by atoms with E-state index in [1.54, 1.807) is 4.90 Å². The van der Waals surface area contributed by atoms with Crippen molar-refractivity contribution in [2.45, 2.75) is 50.5 Å². The molecule has 37 heavy (non-hydrogen) atoms. The van der Waals surface area contributed by atoms with Crippen LogP contribution in [0.4, 0.5) is 13.2 Å². The third kappa shape index (κ3) is 5.04. The van der Waals surface area contributed by atoms with Crippen LogP contribution in [0.5, 0.6) is 0 Å². The molecule has 14 heteroatoms. The van der Waals surface area contributed by atoms with E-state index in [9.17, 15) is 31.2 Å². The van der Waals surface area contributed by atoms with Crippen LogP contribution in [-0.2, 0) is 32.5 Å². The van der Waals surface area contributed by atoms with Crippen molar-refractivity contribution in [3.05, 3.63) is 29.6 Å². The fraction of sp³-hybridized carbons (Fsp3) is 0.652. The molecule has 3 saturated heterocycles. The van der Waals surface area contributed by atoms with Crippen molar-refractivity contribution in [2.24, 2.45) is 17.8 Å². The van der Waals surface area contributed by atoms with Crippen LogP contribution in [0.15, 0.2) is 18.3 Å². The highest BCUT2D eigenvalue weighted by molar-refractivity contribution is 7.86. The average Bonchev–Trinajstić information content (AvgIpc) is 3.50. The number of aromatic nitrogens is 1. The number of nitrogens with zero attached hydrogens (tertiary/aromatic N) is 5. The van der Waals surface area contributed by atoms with Crippen LogP contribution < -0.4 is 5.32 Å². The number of likely N-dealkylation sites (tertiary alicyclic amines) is 1. The third-order valence-corrected chi connectivity index (χ3v) is 9.61. The molecule has 5 rings (SSSR count). The van der Waals surface area contributed by atoms with Crippen molar-refractivity contribution in [1.82, 2.24) is 23.8 Å². The fourth-order valence-electron chi connectivity index (χ4n) is 5.44. The van der Waals surface area contributed by atoms with Gasteiger partial charge in [0.2, 0.25) is 11.8 Å². The number of nitriles is 1. The number of hydrogen-bond donors (Lipinski definition) is 1. The maximum atomic E-state index is 13.5. The number of pyridine rings is 1. The monoisotopic (exact) mass is 540 g/mol. The summed E-state index contributed by atoms with van der Waals surface area (Å²) in [7, 11) is -3.75. The third-order valence-electron chi connectivity index (χ3n) is 7.67. The topological polar surface area (TPSA) is 127 Å². The Labute approximate surface area is 212 Å². The highest BCUT2D eigenvalue weighted by atomic mass is 32.2. The van der Waals surface area contributed by atoms with Gasteiger partial charge >= 0.3 is 6.18 Å². The van der Waals surface area contributed by atoms with E-state index in [-0.39, 0.29) is 55.7 Å². The second kappa shape index (κ2) is 9.52. The summed E-state index contributed by atoms with van der Waals surface area (Å²) in [5.74, 6) is -1.30. The smallest absolute Gasteiger partial charge is 0.349 e. The Morgan fingerprint density at radius 2 is 1.92 bits per heavy atom. The first kappa shape index (κ1) is 25.9. The predicted octanol–water partition coefficient (Wildman–Crippen LogP) is 1.12. The highest BCUT2D eigenvalue weighted by Gasteiger charge is 2.57. The average molecular weight is 541 g/mol. The molecule has 1 N–H and O–H groups in total. The number of hydrogen-bond acceptors (Lipinski definition) is 6. The number of rotatable bonds is 6. The lowest BCUT2D eigenvalue weighted by molar-refractivity contribution is -0.144. The summed E-state index contributed by atoms with van der Waals surface area (Å²) in [6.45, 7) is 0.571. The van der Waals surface area contributed by atoms with Crippen LogP contribution in [0, 0.1) is 29.1 Å².